The van der Waals surface area contributed by atoms with Crippen molar-refractivity contribution in [2.45, 2.75) is 31.5 Å². The van der Waals surface area contributed by atoms with Crippen molar-refractivity contribution in [1.82, 2.24) is 15.3 Å². The van der Waals surface area contributed by atoms with Crippen LogP contribution in [0, 0.1) is 13.8 Å². The first-order chi connectivity index (χ1) is 11.8. The van der Waals surface area contributed by atoms with Crippen molar-refractivity contribution >= 4 is 11.8 Å². The maximum absolute atomic E-state index is 12.8. The molecular formula is C16H14F3N3O2S. The fourth-order valence-electron chi connectivity index (χ4n) is 2.21. The number of rotatable bonds is 5. The number of aromatic nitrogens is 3. The van der Waals surface area contributed by atoms with Crippen molar-refractivity contribution in [2.75, 3.05) is 0 Å². The van der Waals surface area contributed by atoms with E-state index in [1.807, 2.05) is 13.8 Å². The molecule has 3 aromatic rings. The number of alkyl halides is 3. The monoisotopic (exact) mass is 369 g/mol. The van der Waals surface area contributed by atoms with Crippen LogP contribution in [0.15, 0.2) is 33.3 Å². The normalized spacial score (nSPS) is 11.9. The standard InChI is InChI=1S/C16H14F3N3O2S/c1-9-13(10(2)23-21-9)7-25-8-14-20-15(22-24-14)11-4-3-5-12(6-11)16(17,18)19/h3-6H,7-8H2,1-2H3. The molecule has 0 unspecified atom stereocenters. The fraction of sp³-hybridized carbons (Fsp3) is 0.312. The van der Waals surface area contributed by atoms with Crippen LogP contribution in [0.1, 0.15) is 28.5 Å². The fourth-order valence-corrected chi connectivity index (χ4v) is 3.22. The van der Waals surface area contributed by atoms with Gasteiger partial charge in [0.05, 0.1) is 17.0 Å². The van der Waals surface area contributed by atoms with Gasteiger partial charge in [-0.1, -0.05) is 22.4 Å². The van der Waals surface area contributed by atoms with Gasteiger partial charge in [-0.2, -0.15) is 18.2 Å². The Morgan fingerprint density at radius 1 is 1.08 bits per heavy atom. The molecule has 0 spiro atoms. The van der Waals surface area contributed by atoms with E-state index in [2.05, 4.69) is 15.3 Å². The molecule has 9 heteroatoms. The molecule has 0 bridgehead atoms. The zero-order valence-corrected chi connectivity index (χ0v) is 14.2. The van der Waals surface area contributed by atoms with E-state index < -0.39 is 11.7 Å². The Hall–Kier alpha value is -2.29. The molecule has 0 radical (unpaired) electrons. The van der Waals surface area contributed by atoms with Gasteiger partial charge in [-0.15, -0.1) is 11.8 Å². The van der Waals surface area contributed by atoms with Crippen LogP contribution in [0.2, 0.25) is 0 Å². The summed E-state index contributed by atoms with van der Waals surface area (Å²) in [6.45, 7) is 3.71. The van der Waals surface area contributed by atoms with Gasteiger partial charge in [0, 0.05) is 16.9 Å². The van der Waals surface area contributed by atoms with Crippen LogP contribution < -0.4 is 0 Å². The average molecular weight is 369 g/mol. The summed E-state index contributed by atoms with van der Waals surface area (Å²) in [5, 5.41) is 7.64. The summed E-state index contributed by atoms with van der Waals surface area (Å²) in [5.41, 5.74) is 1.37. The highest BCUT2D eigenvalue weighted by atomic mass is 32.2. The van der Waals surface area contributed by atoms with E-state index in [0.717, 1.165) is 29.2 Å². The number of halogens is 3. The third kappa shape index (κ3) is 4.04. The van der Waals surface area contributed by atoms with Crippen LogP contribution in [-0.2, 0) is 17.7 Å². The summed E-state index contributed by atoms with van der Waals surface area (Å²) >= 11 is 1.53. The second-order valence-electron chi connectivity index (χ2n) is 5.39. The van der Waals surface area contributed by atoms with Crippen molar-refractivity contribution in [2.24, 2.45) is 0 Å². The van der Waals surface area contributed by atoms with E-state index in [1.165, 1.54) is 23.9 Å². The molecule has 3 rings (SSSR count). The summed E-state index contributed by atoms with van der Waals surface area (Å²) in [6, 6.07) is 4.84. The molecule has 0 fully saturated rings. The summed E-state index contributed by atoms with van der Waals surface area (Å²) in [6.07, 6.45) is -4.41. The molecule has 0 saturated heterocycles. The van der Waals surface area contributed by atoms with Crippen LogP contribution in [0.5, 0.6) is 0 Å². The van der Waals surface area contributed by atoms with Gasteiger partial charge in [-0.25, -0.2) is 0 Å². The van der Waals surface area contributed by atoms with E-state index >= 15 is 0 Å². The lowest BCUT2D eigenvalue weighted by atomic mass is 10.1. The third-order valence-electron chi connectivity index (χ3n) is 3.57. The summed E-state index contributed by atoms with van der Waals surface area (Å²) < 4.78 is 48.5. The molecule has 0 aliphatic heterocycles. The lowest BCUT2D eigenvalue weighted by Crippen LogP contribution is -2.04. The van der Waals surface area contributed by atoms with Crippen LogP contribution in [0.4, 0.5) is 13.2 Å². The van der Waals surface area contributed by atoms with E-state index in [4.69, 9.17) is 9.05 Å². The van der Waals surface area contributed by atoms with Crippen LogP contribution in [-0.4, -0.2) is 15.3 Å². The zero-order chi connectivity index (χ0) is 18.0. The molecule has 1 aromatic carbocycles. The maximum Gasteiger partial charge on any atom is 0.416 e. The molecule has 2 aromatic heterocycles. The van der Waals surface area contributed by atoms with Crippen LogP contribution in [0.25, 0.3) is 11.4 Å². The smallest absolute Gasteiger partial charge is 0.361 e. The highest BCUT2D eigenvalue weighted by Gasteiger charge is 2.30. The van der Waals surface area contributed by atoms with Crippen molar-refractivity contribution in [3.05, 3.63) is 52.7 Å². The molecular weight excluding hydrogens is 355 g/mol. The Kier molecular flexibility index (Phi) is 4.85. The molecule has 0 aliphatic carbocycles. The zero-order valence-electron chi connectivity index (χ0n) is 13.4. The van der Waals surface area contributed by atoms with E-state index in [9.17, 15) is 13.2 Å². The maximum atomic E-state index is 12.8. The number of benzene rings is 1. The number of aryl methyl sites for hydroxylation is 2. The highest BCUT2D eigenvalue weighted by Crippen LogP contribution is 2.31. The molecule has 0 saturated carbocycles. The van der Waals surface area contributed by atoms with Crippen molar-refractivity contribution in [1.29, 1.82) is 0 Å². The molecule has 0 atom stereocenters. The SMILES string of the molecule is Cc1noc(C)c1CSCc1nc(-c2cccc(C(F)(F)F)c2)no1. The Balaban J connectivity index is 1.67. The van der Waals surface area contributed by atoms with Crippen molar-refractivity contribution in [3.63, 3.8) is 0 Å². The van der Waals surface area contributed by atoms with Gasteiger partial charge in [-0.05, 0) is 26.0 Å². The topological polar surface area (TPSA) is 65.0 Å². The minimum absolute atomic E-state index is 0.138. The summed E-state index contributed by atoms with van der Waals surface area (Å²) in [4.78, 5) is 4.16. The van der Waals surface area contributed by atoms with Gasteiger partial charge in [-0.3, -0.25) is 0 Å². The van der Waals surface area contributed by atoms with Gasteiger partial charge < -0.3 is 9.05 Å². The summed E-state index contributed by atoms with van der Waals surface area (Å²) in [5.74, 6) is 2.36. The van der Waals surface area contributed by atoms with E-state index in [0.29, 0.717) is 17.4 Å². The Bertz CT molecular complexity index is 854. The van der Waals surface area contributed by atoms with Gasteiger partial charge in [0.25, 0.3) is 0 Å². The quantitative estimate of drug-likeness (QED) is 0.644. The summed E-state index contributed by atoms with van der Waals surface area (Å²) in [7, 11) is 0. The van der Waals surface area contributed by atoms with Gasteiger partial charge >= 0.3 is 6.18 Å². The highest BCUT2D eigenvalue weighted by molar-refractivity contribution is 7.97. The molecule has 2 heterocycles. The first-order valence-electron chi connectivity index (χ1n) is 7.34. The van der Waals surface area contributed by atoms with Gasteiger partial charge in [0.15, 0.2) is 0 Å². The van der Waals surface area contributed by atoms with E-state index in [-0.39, 0.29) is 11.4 Å². The third-order valence-corrected chi connectivity index (χ3v) is 4.51. The molecule has 132 valence electrons. The minimum Gasteiger partial charge on any atom is -0.361 e. The Morgan fingerprint density at radius 3 is 2.56 bits per heavy atom. The van der Waals surface area contributed by atoms with Gasteiger partial charge in [0.2, 0.25) is 11.7 Å². The molecule has 5 nitrogen and oxygen atoms in total. The Labute approximate surface area is 145 Å². The number of hydrogen-bond donors (Lipinski definition) is 0. The first kappa shape index (κ1) is 17.5. The van der Waals surface area contributed by atoms with Crippen molar-refractivity contribution < 1.29 is 22.2 Å². The largest absolute Gasteiger partial charge is 0.416 e. The minimum atomic E-state index is -4.41. The number of hydrogen-bond acceptors (Lipinski definition) is 6. The predicted octanol–water partition coefficient (Wildman–Crippen LogP) is 4.79. The second kappa shape index (κ2) is 6.91. The lowest BCUT2D eigenvalue weighted by molar-refractivity contribution is -0.137. The van der Waals surface area contributed by atoms with Crippen LogP contribution in [0.3, 0.4) is 0 Å². The van der Waals surface area contributed by atoms with Crippen LogP contribution >= 0.6 is 11.8 Å². The lowest BCUT2D eigenvalue weighted by Gasteiger charge is -2.06. The van der Waals surface area contributed by atoms with E-state index in [1.54, 1.807) is 0 Å². The number of nitrogens with zero attached hydrogens (tertiary/aromatic N) is 3. The molecule has 0 aliphatic rings. The second-order valence-corrected chi connectivity index (χ2v) is 6.37. The molecule has 25 heavy (non-hydrogen) atoms. The molecule has 0 amide bonds. The van der Waals surface area contributed by atoms with Gasteiger partial charge in [0.1, 0.15) is 5.76 Å². The first-order valence-corrected chi connectivity index (χ1v) is 8.50. The number of thioether (sulfide) groups is 1. The predicted molar refractivity (Wildman–Crippen MR) is 85.7 cm³/mol. The molecule has 0 N–H and O–H groups in total. The Morgan fingerprint density at radius 2 is 1.88 bits per heavy atom. The van der Waals surface area contributed by atoms with Crippen molar-refractivity contribution in [3.8, 4) is 11.4 Å². The average Bonchev–Trinajstić information content (AvgIpc) is 3.16.